The molecule has 3 rings (SSSR count). The highest BCUT2D eigenvalue weighted by atomic mass is 32.2. The molecule has 1 atom stereocenters. The summed E-state index contributed by atoms with van der Waals surface area (Å²) >= 11 is 0. The number of hydrogen-bond acceptors (Lipinski definition) is 6. The van der Waals surface area contributed by atoms with Crippen LogP contribution in [-0.4, -0.2) is 28.4 Å². The third-order valence-electron chi connectivity index (χ3n) is 4.98. The normalized spacial score (nSPS) is 12.3. The summed E-state index contributed by atoms with van der Waals surface area (Å²) in [6.45, 7) is 2.53. The van der Waals surface area contributed by atoms with Gasteiger partial charge in [0.2, 0.25) is 5.91 Å². The van der Waals surface area contributed by atoms with Crippen LogP contribution in [0.25, 0.3) is 0 Å². The van der Waals surface area contributed by atoms with Crippen LogP contribution < -0.4 is 5.32 Å². The standard InChI is InChI=1S/C27H26N3O4S/c1-2-3-7-15-29-27(33)25(22-10-5-4-6-11-22)35(34)30-26(32)23-16-21(18-28-19-23)14-13-20-9-8-12-24(31)17-20/h4-6,8-12,16-19,25,31H,2-3,7,15H2,1H3,(H,29,33)/q-1. The van der Waals surface area contributed by atoms with E-state index in [2.05, 4.69) is 33.4 Å². The number of phenols is 1. The van der Waals surface area contributed by atoms with Crippen LogP contribution in [0.4, 0.5) is 0 Å². The molecule has 2 amide bonds. The van der Waals surface area contributed by atoms with Crippen molar-refractivity contribution in [1.82, 2.24) is 10.3 Å². The third kappa shape index (κ3) is 7.80. The maximum Gasteiger partial charge on any atom is 0.255 e. The Balaban J connectivity index is 1.82. The first-order valence-electron chi connectivity index (χ1n) is 11.2. The number of nitrogens with zero attached hydrogens (tertiary/aromatic N) is 2. The second-order valence-corrected chi connectivity index (χ2v) is 8.93. The van der Waals surface area contributed by atoms with E-state index in [0.717, 1.165) is 19.3 Å². The average molecular weight is 489 g/mol. The molecular formula is C27H26N3O4S-. The van der Waals surface area contributed by atoms with Crippen molar-refractivity contribution in [2.24, 2.45) is 4.36 Å². The molecule has 0 fully saturated rings. The Morgan fingerprint density at radius 1 is 1.03 bits per heavy atom. The Kier molecular flexibility index (Phi) is 9.58. The number of pyridine rings is 1. The molecule has 0 bridgehead atoms. The Morgan fingerprint density at radius 2 is 1.80 bits per heavy atom. The van der Waals surface area contributed by atoms with E-state index in [1.807, 2.05) is 0 Å². The second-order valence-electron chi connectivity index (χ2n) is 7.72. The molecule has 8 heteroatoms. The summed E-state index contributed by atoms with van der Waals surface area (Å²) in [6, 6.07) is 16.6. The monoisotopic (exact) mass is 488 g/mol. The predicted octanol–water partition coefficient (Wildman–Crippen LogP) is 4.52. The van der Waals surface area contributed by atoms with Gasteiger partial charge in [-0.3, -0.25) is 14.6 Å². The number of amides is 2. The summed E-state index contributed by atoms with van der Waals surface area (Å²) in [5, 5.41) is 11.3. The van der Waals surface area contributed by atoms with Gasteiger partial charge in [-0.25, -0.2) is 0 Å². The number of nitrogens with one attached hydrogen (secondary N) is 1. The molecule has 0 saturated heterocycles. The highest BCUT2D eigenvalue weighted by molar-refractivity contribution is 7.76. The number of carbonyl (C=O) groups is 2. The molecule has 7 nitrogen and oxygen atoms in total. The van der Waals surface area contributed by atoms with Gasteiger partial charge >= 0.3 is 0 Å². The molecule has 0 saturated carbocycles. The molecule has 180 valence electrons. The molecule has 0 aliphatic rings. The van der Waals surface area contributed by atoms with Crippen molar-refractivity contribution in [3.63, 3.8) is 0 Å². The molecule has 3 aromatic rings. The number of unbranched alkanes of at least 4 members (excludes halogenated alkanes) is 2. The molecule has 1 unspecified atom stereocenters. The van der Waals surface area contributed by atoms with Crippen molar-refractivity contribution in [2.45, 2.75) is 31.4 Å². The largest absolute Gasteiger partial charge is 0.508 e. The minimum atomic E-state index is -2.15. The number of benzene rings is 2. The minimum absolute atomic E-state index is 0.0995. The number of rotatable bonds is 8. The lowest BCUT2D eigenvalue weighted by atomic mass is 10.1. The summed E-state index contributed by atoms with van der Waals surface area (Å²) < 4.78 is 16.9. The SMILES string of the molecule is CCCCCNC(=O)C(c1ccccc1)[S-](=O)=NC(=O)c1cncc(C#Cc2cccc(O)c2)c1. The van der Waals surface area contributed by atoms with E-state index in [1.165, 1.54) is 24.5 Å². The fourth-order valence-electron chi connectivity index (χ4n) is 3.21. The van der Waals surface area contributed by atoms with E-state index < -0.39 is 27.7 Å². The van der Waals surface area contributed by atoms with Gasteiger partial charge in [-0.05, 0) is 30.7 Å². The quantitative estimate of drug-likeness (QED) is 0.275. The van der Waals surface area contributed by atoms with Crippen LogP contribution >= 0.6 is 0 Å². The zero-order valence-corrected chi connectivity index (χ0v) is 20.1. The van der Waals surface area contributed by atoms with Gasteiger partial charge < -0.3 is 19.0 Å². The number of aromatic nitrogens is 1. The van der Waals surface area contributed by atoms with E-state index in [9.17, 15) is 18.9 Å². The second kappa shape index (κ2) is 13.1. The van der Waals surface area contributed by atoms with Crippen molar-refractivity contribution in [3.05, 3.63) is 95.3 Å². The Bertz CT molecular complexity index is 1320. The Labute approximate surface area is 206 Å². The molecule has 2 N–H and O–H groups in total. The lowest BCUT2D eigenvalue weighted by Gasteiger charge is -2.20. The van der Waals surface area contributed by atoms with Gasteiger partial charge in [0.1, 0.15) is 5.75 Å². The lowest BCUT2D eigenvalue weighted by molar-refractivity contribution is -0.120. The number of carbonyl (C=O) groups excluding carboxylic acids is 2. The molecule has 1 aromatic heterocycles. The topological polar surface area (TPSA) is 109 Å². The zero-order chi connectivity index (χ0) is 25.0. The first kappa shape index (κ1) is 25.7. The summed E-state index contributed by atoms with van der Waals surface area (Å²) in [6.07, 6.45) is 5.60. The molecule has 0 radical (unpaired) electrons. The predicted molar refractivity (Wildman–Crippen MR) is 135 cm³/mol. The first-order chi connectivity index (χ1) is 17.0. The van der Waals surface area contributed by atoms with Crippen molar-refractivity contribution >= 4 is 22.4 Å². The van der Waals surface area contributed by atoms with Crippen LogP contribution in [0.2, 0.25) is 0 Å². The maximum atomic E-state index is 13.1. The maximum absolute atomic E-state index is 13.1. The molecular weight excluding hydrogens is 462 g/mol. The van der Waals surface area contributed by atoms with Gasteiger partial charge in [0.15, 0.2) is 0 Å². The Morgan fingerprint density at radius 3 is 2.54 bits per heavy atom. The highest BCUT2D eigenvalue weighted by Gasteiger charge is 2.16. The van der Waals surface area contributed by atoms with Crippen LogP contribution in [0.3, 0.4) is 0 Å². The Hall–Kier alpha value is -3.96. The summed E-state index contributed by atoms with van der Waals surface area (Å²) in [7, 11) is -2.15. The van der Waals surface area contributed by atoms with Gasteiger partial charge in [-0.1, -0.05) is 73.6 Å². The van der Waals surface area contributed by atoms with E-state index >= 15 is 0 Å². The van der Waals surface area contributed by atoms with Gasteiger partial charge in [0.25, 0.3) is 5.91 Å². The average Bonchev–Trinajstić information content (AvgIpc) is 2.86. The van der Waals surface area contributed by atoms with Crippen LogP contribution in [-0.2, 0) is 19.6 Å². The van der Waals surface area contributed by atoms with Crippen LogP contribution in [0, 0.1) is 11.8 Å². The molecule has 1 heterocycles. The van der Waals surface area contributed by atoms with Crippen LogP contribution in [0.15, 0.2) is 77.4 Å². The van der Waals surface area contributed by atoms with Gasteiger partial charge in [0.05, 0.1) is 5.56 Å². The van der Waals surface area contributed by atoms with E-state index in [4.69, 9.17) is 0 Å². The first-order valence-corrected chi connectivity index (χ1v) is 12.4. The van der Waals surface area contributed by atoms with Gasteiger partial charge in [0, 0.05) is 35.3 Å². The lowest BCUT2D eigenvalue weighted by Crippen LogP contribution is -2.31. The minimum Gasteiger partial charge on any atom is -0.508 e. The van der Waals surface area contributed by atoms with Crippen molar-refractivity contribution in [2.75, 3.05) is 6.54 Å². The molecule has 2 aromatic carbocycles. The molecule has 0 aliphatic heterocycles. The van der Waals surface area contributed by atoms with E-state index in [-0.39, 0.29) is 11.3 Å². The summed E-state index contributed by atoms with van der Waals surface area (Å²) in [4.78, 5) is 29.6. The summed E-state index contributed by atoms with van der Waals surface area (Å²) in [5.41, 5.74) is 1.67. The number of phenolic OH excluding ortho intramolecular Hbond substituents is 1. The fraction of sp³-hybridized carbons (Fsp3) is 0.222. The van der Waals surface area contributed by atoms with Crippen LogP contribution in [0.1, 0.15) is 58.5 Å². The molecule has 35 heavy (non-hydrogen) atoms. The third-order valence-corrected chi connectivity index (χ3v) is 6.21. The van der Waals surface area contributed by atoms with E-state index in [1.54, 1.807) is 48.5 Å². The van der Waals surface area contributed by atoms with E-state index in [0.29, 0.717) is 23.2 Å². The molecule has 0 spiro atoms. The van der Waals surface area contributed by atoms with Crippen molar-refractivity contribution in [3.8, 4) is 17.6 Å². The van der Waals surface area contributed by atoms with Gasteiger partial charge in [-0.2, -0.15) is 10.6 Å². The van der Waals surface area contributed by atoms with Crippen molar-refractivity contribution < 1.29 is 18.9 Å². The smallest absolute Gasteiger partial charge is 0.255 e. The summed E-state index contributed by atoms with van der Waals surface area (Å²) in [5.74, 6) is 4.67. The van der Waals surface area contributed by atoms with Crippen molar-refractivity contribution in [1.29, 1.82) is 0 Å². The fourth-order valence-corrected chi connectivity index (χ4v) is 4.24. The zero-order valence-electron chi connectivity index (χ0n) is 19.3. The number of hydrogen-bond donors (Lipinski definition) is 2. The highest BCUT2D eigenvalue weighted by Crippen LogP contribution is 2.19. The number of aromatic hydroxyl groups is 1. The molecule has 0 aliphatic carbocycles. The van der Waals surface area contributed by atoms with Gasteiger partial charge in [-0.15, -0.1) is 0 Å². The van der Waals surface area contributed by atoms with Crippen LogP contribution in [0.5, 0.6) is 5.75 Å².